The van der Waals surface area contributed by atoms with Gasteiger partial charge in [0.2, 0.25) is 0 Å². The summed E-state index contributed by atoms with van der Waals surface area (Å²) in [6, 6.07) is 13.5. The molecule has 0 radical (unpaired) electrons. The van der Waals surface area contributed by atoms with Crippen LogP contribution in [-0.4, -0.2) is 30.6 Å². The number of para-hydroxylation sites is 1. The van der Waals surface area contributed by atoms with Crippen LogP contribution in [0.25, 0.3) is 0 Å². The van der Waals surface area contributed by atoms with Crippen molar-refractivity contribution < 1.29 is 19.1 Å². The molecule has 0 unspecified atom stereocenters. The Morgan fingerprint density at radius 3 is 2.44 bits per heavy atom. The molecule has 0 saturated heterocycles. The minimum Gasteiger partial charge on any atom is -0.462 e. The number of ether oxygens (including phenoxy) is 1. The number of anilines is 2. The lowest BCUT2D eigenvalue weighted by Gasteiger charge is -2.10. The molecule has 0 heterocycles. The molecule has 0 aromatic heterocycles. The average molecular weight is 358 g/mol. The van der Waals surface area contributed by atoms with Crippen LogP contribution < -0.4 is 10.6 Å². The average Bonchev–Trinajstić information content (AvgIpc) is 2.62. The normalized spacial score (nSPS) is 10.0. The largest absolute Gasteiger partial charge is 0.462 e. The zero-order valence-corrected chi connectivity index (χ0v) is 14.7. The van der Waals surface area contributed by atoms with Crippen LogP contribution in [0.2, 0.25) is 0 Å². The lowest BCUT2D eigenvalue weighted by molar-refractivity contribution is -0.133. The van der Waals surface area contributed by atoms with Gasteiger partial charge in [-0.3, -0.25) is 9.59 Å². The second kappa shape index (κ2) is 8.89. The molecule has 2 aromatic rings. The number of benzene rings is 2. The summed E-state index contributed by atoms with van der Waals surface area (Å²) in [5, 5.41) is 4.97. The SMILES string of the molecule is CCOC(=O)c1ccccc1NC(=O)C(=O)Nc1cccc(SC)c1. The summed E-state index contributed by atoms with van der Waals surface area (Å²) in [4.78, 5) is 37.1. The molecule has 2 amide bonds. The highest BCUT2D eigenvalue weighted by Gasteiger charge is 2.18. The minimum absolute atomic E-state index is 0.190. The monoisotopic (exact) mass is 358 g/mol. The maximum Gasteiger partial charge on any atom is 0.340 e. The van der Waals surface area contributed by atoms with Crippen molar-refractivity contribution in [1.82, 2.24) is 0 Å². The van der Waals surface area contributed by atoms with Crippen LogP contribution >= 0.6 is 11.8 Å². The van der Waals surface area contributed by atoms with E-state index in [9.17, 15) is 14.4 Å². The summed E-state index contributed by atoms with van der Waals surface area (Å²) >= 11 is 1.53. The van der Waals surface area contributed by atoms with Gasteiger partial charge in [0.25, 0.3) is 0 Å². The van der Waals surface area contributed by atoms with E-state index in [0.717, 1.165) is 4.90 Å². The van der Waals surface area contributed by atoms with Crippen LogP contribution in [0.4, 0.5) is 11.4 Å². The van der Waals surface area contributed by atoms with Gasteiger partial charge in [0.15, 0.2) is 0 Å². The molecule has 0 saturated carbocycles. The quantitative estimate of drug-likeness (QED) is 0.487. The number of hydrogen-bond donors (Lipinski definition) is 2. The fourth-order valence-electron chi connectivity index (χ4n) is 2.05. The van der Waals surface area contributed by atoms with Crippen molar-refractivity contribution in [3.05, 3.63) is 54.1 Å². The van der Waals surface area contributed by atoms with Crippen molar-refractivity contribution in [2.24, 2.45) is 0 Å². The van der Waals surface area contributed by atoms with Crippen LogP contribution in [0, 0.1) is 0 Å². The summed E-state index contributed by atoms with van der Waals surface area (Å²) in [5.74, 6) is -2.25. The Labute approximate surface area is 149 Å². The predicted molar refractivity (Wildman–Crippen MR) is 97.9 cm³/mol. The number of hydrogen-bond acceptors (Lipinski definition) is 5. The molecular weight excluding hydrogens is 340 g/mol. The number of thioether (sulfide) groups is 1. The first-order chi connectivity index (χ1) is 12.0. The van der Waals surface area contributed by atoms with Gasteiger partial charge in [-0.2, -0.15) is 0 Å². The maximum atomic E-state index is 12.1. The molecule has 0 bridgehead atoms. The number of rotatable bonds is 5. The van der Waals surface area contributed by atoms with Crippen LogP contribution in [0.3, 0.4) is 0 Å². The van der Waals surface area contributed by atoms with Gasteiger partial charge in [-0.25, -0.2) is 4.79 Å². The third-order valence-electron chi connectivity index (χ3n) is 3.20. The van der Waals surface area contributed by atoms with Crippen molar-refractivity contribution in [3.8, 4) is 0 Å². The van der Waals surface area contributed by atoms with Gasteiger partial charge in [-0.15, -0.1) is 11.8 Å². The molecule has 2 aromatic carbocycles. The molecule has 7 heteroatoms. The first kappa shape index (κ1) is 18.5. The van der Waals surface area contributed by atoms with Crippen molar-refractivity contribution in [3.63, 3.8) is 0 Å². The fourth-order valence-corrected chi connectivity index (χ4v) is 2.51. The Morgan fingerprint density at radius 1 is 1.00 bits per heavy atom. The molecule has 0 atom stereocenters. The second-order valence-corrected chi connectivity index (χ2v) is 5.79. The number of amides is 2. The molecule has 25 heavy (non-hydrogen) atoms. The molecule has 0 spiro atoms. The molecule has 0 aliphatic carbocycles. The Balaban J connectivity index is 2.09. The third kappa shape index (κ3) is 5.09. The van der Waals surface area contributed by atoms with Gasteiger partial charge in [0.1, 0.15) is 0 Å². The van der Waals surface area contributed by atoms with E-state index in [1.165, 1.54) is 23.9 Å². The number of esters is 1. The van der Waals surface area contributed by atoms with E-state index in [1.807, 2.05) is 12.3 Å². The third-order valence-corrected chi connectivity index (χ3v) is 3.93. The molecule has 0 fully saturated rings. The summed E-state index contributed by atoms with van der Waals surface area (Å²) in [5.41, 5.74) is 0.930. The zero-order valence-electron chi connectivity index (χ0n) is 13.9. The van der Waals surface area contributed by atoms with E-state index in [1.54, 1.807) is 37.3 Å². The van der Waals surface area contributed by atoms with Gasteiger partial charge in [0, 0.05) is 10.6 Å². The molecule has 2 rings (SSSR count). The van der Waals surface area contributed by atoms with Crippen LogP contribution in [-0.2, 0) is 14.3 Å². The molecule has 0 aliphatic rings. The first-order valence-corrected chi connectivity index (χ1v) is 8.80. The Morgan fingerprint density at radius 2 is 1.72 bits per heavy atom. The van der Waals surface area contributed by atoms with Gasteiger partial charge in [-0.05, 0) is 43.5 Å². The molecule has 130 valence electrons. The van der Waals surface area contributed by atoms with Crippen molar-refractivity contribution in [1.29, 1.82) is 0 Å². The highest BCUT2D eigenvalue weighted by atomic mass is 32.2. The maximum absolute atomic E-state index is 12.1. The zero-order chi connectivity index (χ0) is 18.2. The number of carbonyl (C=O) groups is 3. The second-order valence-electron chi connectivity index (χ2n) is 4.91. The summed E-state index contributed by atoms with van der Waals surface area (Å²) in [7, 11) is 0. The molecule has 0 aliphatic heterocycles. The van der Waals surface area contributed by atoms with Crippen molar-refractivity contribution in [2.75, 3.05) is 23.5 Å². The van der Waals surface area contributed by atoms with E-state index in [4.69, 9.17) is 4.74 Å². The van der Waals surface area contributed by atoms with E-state index in [0.29, 0.717) is 5.69 Å². The van der Waals surface area contributed by atoms with Crippen LogP contribution in [0.1, 0.15) is 17.3 Å². The van der Waals surface area contributed by atoms with Crippen molar-refractivity contribution >= 4 is 40.9 Å². The molecule has 6 nitrogen and oxygen atoms in total. The van der Waals surface area contributed by atoms with E-state index < -0.39 is 17.8 Å². The van der Waals surface area contributed by atoms with Gasteiger partial charge >= 0.3 is 17.8 Å². The van der Waals surface area contributed by atoms with Gasteiger partial charge in [-0.1, -0.05) is 18.2 Å². The number of carbonyl (C=O) groups excluding carboxylic acids is 3. The predicted octanol–water partition coefficient (Wildman–Crippen LogP) is 3.16. The van der Waals surface area contributed by atoms with Crippen molar-refractivity contribution in [2.45, 2.75) is 11.8 Å². The Bertz CT molecular complexity index is 792. The highest BCUT2D eigenvalue weighted by molar-refractivity contribution is 7.98. The fraction of sp³-hybridized carbons (Fsp3) is 0.167. The number of nitrogens with one attached hydrogen (secondary N) is 2. The minimum atomic E-state index is -0.869. The lowest BCUT2D eigenvalue weighted by Crippen LogP contribution is -2.29. The Hall–Kier alpha value is -2.80. The Kier molecular flexibility index (Phi) is 6.59. The molecule has 2 N–H and O–H groups in total. The highest BCUT2D eigenvalue weighted by Crippen LogP contribution is 2.19. The smallest absolute Gasteiger partial charge is 0.340 e. The van der Waals surface area contributed by atoms with E-state index in [2.05, 4.69) is 10.6 Å². The van der Waals surface area contributed by atoms with Crippen LogP contribution in [0.5, 0.6) is 0 Å². The topological polar surface area (TPSA) is 84.5 Å². The first-order valence-electron chi connectivity index (χ1n) is 7.57. The standard InChI is InChI=1S/C18H18N2O4S/c1-3-24-18(23)14-9-4-5-10-15(14)20-17(22)16(21)19-12-7-6-8-13(11-12)25-2/h4-11H,3H2,1-2H3,(H,19,21)(H,20,22). The van der Waals surface area contributed by atoms with Crippen LogP contribution in [0.15, 0.2) is 53.4 Å². The lowest BCUT2D eigenvalue weighted by atomic mass is 10.2. The summed E-state index contributed by atoms with van der Waals surface area (Å²) in [6.07, 6.45) is 1.92. The van der Waals surface area contributed by atoms with E-state index in [-0.39, 0.29) is 17.9 Å². The van der Waals surface area contributed by atoms with Gasteiger partial charge in [0.05, 0.1) is 17.9 Å². The summed E-state index contributed by atoms with van der Waals surface area (Å²) < 4.78 is 4.94. The molecular formula is C18H18N2O4S. The van der Waals surface area contributed by atoms with E-state index >= 15 is 0 Å². The van der Waals surface area contributed by atoms with Gasteiger partial charge < -0.3 is 15.4 Å². The summed E-state index contributed by atoms with van der Waals surface area (Å²) in [6.45, 7) is 1.91.